The van der Waals surface area contributed by atoms with E-state index in [0.717, 1.165) is 50.1 Å². The summed E-state index contributed by atoms with van der Waals surface area (Å²) in [6.45, 7) is 0. The maximum absolute atomic E-state index is 6.43. The monoisotopic (exact) mass is 713 g/mol. The third kappa shape index (κ3) is 5.34. The summed E-state index contributed by atoms with van der Waals surface area (Å²) in [7, 11) is 0. The molecule has 0 saturated heterocycles. The molecule has 0 unspecified atom stereocenters. The van der Waals surface area contributed by atoms with Crippen molar-refractivity contribution in [2.45, 2.75) is 0 Å². The molecule has 0 fully saturated rings. The van der Waals surface area contributed by atoms with Crippen molar-refractivity contribution >= 4 is 71.3 Å². The van der Waals surface area contributed by atoms with Gasteiger partial charge in [-0.3, -0.25) is 0 Å². The Labute approximate surface area is 325 Å². The Kier molecular flexibility index (Phi) is 7.53. The van der Waals surface area contributed by atoms with E-state index in [0.29, 0.717) is 0 Å². The third-order valence-electron chi connectivity index (χ3n) is 11.2. The van der Waals surface area contributed by atoms with E-state index >= 15 is 0 Å². The molecule has 56 heavy (non-hydrogen) atoms. The molecular weight excluding hydrogens is 679 g/mol. The Bertz CT molecular complexity index is 3260. The van der Waals surface area contributed by atoms with Crippen molar-refractivity contribution < 1.29 is 4.42 Å². The molecule has 2 nitrogen and oxygen atoms in total. The summed E-state index contributed by atoms with van der Waals surface area (Å²) >= 11 is 0. The topological polar surface area (TPSA) is 16.4 Å². The molecule has 0 radical (unpaired) electrons. The molecule has 0 atom stereocenters. The van der Waals surface area contributed by atoms with Gasteiger partial charge >= 0.3 is 0 Å². The number of benzene rings is 10. The van der Waals surface area contributed by atoms with Gasteiger partial charge in [0.15, 0.2) is 0 Å². The van der Waals surface area contributed by atoms with Crippen LogP contribution in [0.5, 0.6) is 0 Å². The molecule has 1 aromatic heterocycles. The third-order valence-corrected chi connectivity index (χ3v) is 11.2. The second kappa shape index (κ2) is 13.2. The SMILES string of the molecule is c1cc(-c2ccc(-c3cccc4ccccc34)cc2)cc(N(c2cccc(-c3cccc4c3ccc3ccccc34)c2)c2cccc3oc4ccccc4c23)c1. The van der Waals surface area contributed by atoms with Crippen LogP contribution >= 0.6 is 0 Å². The van der Waals surface area contributed by atoms with Crippen LogP contribution in [0.4, 0.5) is 17.1 Å². The number of para-hydroxylation sites is 1. The summed E-state index contributed by atoms with van der Waals surface area (Å²) in [5.74, 6) is 0. The van der Waals surface area contributed by atoms with Gasteiger partial charge in [0.25, 0.3) is 0 Å². The lowest BCUT2D eigenvalue weighted by Crippen LogP contribution is -2.10. The molecule has 1 heterocycles. The van der Waals surface area contributed by atoms with E-state index in [9.17, 15) is 0 Å². The molecule has 0 aliphatic carbocycles. The Balaban J connectivity index is 1.07. The van der Waals surface area contributed by atoms with Crippen LogP contribution in [0.15, 0.2) is 217 Å². The number of nitrogens with zero attached hydrogens (tertiary/aromatic N) is 1. The van der Waals surface area contributed by atoms with Crippen molar-refractivity contribution in [1.82, 2.24) is 0 Å². The highest BCUT2D eigenvalue weighted by Gasteiger charge is 2.20. The highest BCUT2D eigenvalue weighted by Crippen LogP contribution is 2.45. The smallest absolute Gasteiger partial charge is 0.137 e. The summed E-state index contributed by atoms with van der Waals surface area (Å²) in [5.41, 5.74) is 12.1. The predicted molar refractivity (Wildman–Crippen MR) is 237 cm³/mol. The van der Waals surface area contributed by atoms with Gasteiger partial charge in [-0.05, 0) is 108 Å². The minimum absolute atomic E-state index is 0.867. The number of anilines is 3. The zero-order chi connectivity index (χ0) is 37.0. The number of rotatable bonds is 6. The van der Waals surface area contributed by atoms with Crippen molar-refractivity contribution in [3.63, 3.8) is 0 Å². The molecule has 0 aliphatic heterocycles. The molecule has 0 saturated carbocycles. The highest BCUT2D eigenvalue weighted by atomic mass is 16.3. The number of furan rings is 1. The van der Waals surface area contributed by atoms with Crippen LogP contribution in [0.2, 0.25) is 0 Å². The molecule has 0 bridgehead atoms. The van der Waals surface area contributed by atoms with Gasteiger partial charge in [0.2, 0.25) is 0 Å². The molecule has 0 aliphatic rings. The molecule has 0 N–H and O–H groups in total. The normalized spacial score (nSPS) is 11.6. The van der Waals surface area contributed by atoms with Crippen LogP contribution in [-0.2, 0) is 0 Å². The summed E-state index contributed by atoms with van der Waals surface area (Å²) in [4.78, 5) is 2.39. The molecule has 262 valence electrons. The van der Waals surface area contributed by atoms with Gasteiger partial charge in [0.1, 0.15) is 11.2 Å². The fraction of sp³-hybridized carbons (Fsp3) is 0. The van der Waals surface area contributed by atoms with Crippen LogP contribution in [0, 0.1) is 0 Å². The second-order valence-corrected chi connectivity index (χ2v) is 14.5. The average Bonchev–Trinajstić information content (AvgIpc) is 3.66. The second-order valence-electron chi connectivity index (χ2n) is 14.5. The first kappa shape index (κ1) is 32.0. The summed E-state index contributed by atoms with van der Waals surface area (Å²) in [5, 5.41) is 9.73. The lowest BCUT2D eigenvalue weighted by Gasteiger charge is -2.27. The van der Waals surface area contributed by atoms with Gasteiger partial charge in [0.05, 0.1) is 11.1 Å². The van der Waals surface area contributed by atoms with Crippen molar-refractivity contribution in [2.24, 2.45) is 0 Å². The molecule has 0 amide bonds. The minimum Gasteiger partial charge on any atom is -0.456 e. The van der Waals surface area contributed by atoms with E-state index in [1.165, 1.54) is 54.6 Å². The highest BCUT2D eigenvalue weighted by molar-refractivity contribution is 6.14. The van der Waals surface area contributed by atoms with Crippen LogP contribution in [-0.4, -0.2) is 0 Å². The zero-order valence-electron chi connectivity index (χ0n) is 30.6. The van der Waals surface area contributed by atoms with Gasteiger partial charge in [-0.2, -0.15) is 0 Å². The number of hydrogen-bond donors (Lipinski definition) is 0. The molecule has 11 aromatic rings. The van der Waals surface area contributed by atoms with Gasteiger partial charge in [-0.1, -0.05) is 170 Å². The van der Waals surface area contributed by atoms with Crippen LogP contribution in [0.3, 0.4) is 0 Å². The Morgan fingerprint density at radius 1 is 0.304 bits per heavy atom. The zero-order valence-corrected chi connectivity index (χ0v) is 30.6. The quantitative estimate of drug-likeness (QED) is 0.160. The van der Waals surface area contributed by atoms with Crippen molar-refractivity contribution in [1.29, 1.82) is 0 Å². The maximum atomic E-state index is 6.43. The Morgan fingerprint density at radius 3 is 1.68 bits per heavy atom. The molecule has 11 rings (SSSR count). The van der Waals surface area contributed by atoms with E-state index in [4.69, 9.17) is 4.42 Å². The fourth-order valence-corrected chi connectivity index (χ4v) is 8.62. The van der Waals surface area contributed by atoms with E-state index in [-0.39, 0.29) is 0 Å². The van der Waals surface area contributed by atoms with Gasteiger partial charge < -0.3 is 9.32 Å². The van der Waals surface area contributed by atoms with E-state index in [2.05, 4.69) is 211 Å². The van der Waals surface area contributed by atoms with Crippen molar-refractivity contribution in [3.05, 3.63) is 212 Å². The largest absolute Gasteiger partial charge is 0.456 e. The Morgan fingerprint density at radius 2 is 0.857 bits per heavy atom. The summed E-state index contributed by atoms with van der Waals surface area (Å²) in [6.07, 6.45) is 0. The predicted octanol–water partition coefficient (Wildman–Crippen LogP) is 15.5. The number of fused-ring (bicyclic) bond motifs is 7. The van der Waals surface area contributed by atoms with Gasteiger partial charge in [0, 0.05) is 16.8 Å². The molecule has 10 aromatic carbocycles. The van der Waals surface area contributed by atoms with Crippen LogP contribution in [0.1, 0.15) is 0 Å². The van der Waals surface area contributed by atoms with Crippen molar-refractivity contribution in [3.8, 4) is 33.4 Å². The van der Waals surface area contributed by atoms with Gasteiger partial charge in [-0.15, -0.1) is 0 Å². The fourth-order valence-electron chi connectivity index (χ4n) is 8.62. The van der Waals surface area contributed by atoms with Crippen molar-refractivity contribution in [2.75, 3.05) is 4.90 Å². The first-order chi connectivity index (χ1) is 27.8. The van der Waals surface area contributed by atoms with E-state index < -0.39 is 0 Å². The summed E-state index contributed by atoms with van der Waals surface area (Å²) in [6, 6.07) is 76.5. The maximum Gasteiger partial charge on any atom is 0.137 e. The minimum atomic E-state index is 0.867. The molecular formula is C54H35NO. The lowest BCUT2D eigenvalue weighted by molar-refractivity contribution is 0.669. The lowest BCUT2D eigenvalue weighted by atomic mass is 9.94. The van der Waals surface area contributed by atoms with E-state index in [1.54, 1.807) is 0 Å². The number of hydrogen-bond acceptors (Lipinski definition) is 2. The summed E-state index contributed by atoms with van der Waals surface area (Å²) < 4.78 is 6.43. The average molecular weight is 714 g/mol. The van der Waals surface area contributed by atoms with Gasteiger partial charge in [-0.25, -0.2) is 0 Å². The first-order valence-electron chi connectivity index (χ1n) is 19.2. The first-order valence-corrected chi connectivity index (χ1v) is 19.2. The Hall–Kier alpha value is -7.42. The molecule has 0 spiro atoms. The molecule has 2 heteroatoms. The van der Waals surface area contributed by atoms with E-state index in [1.807, 2.05) is 6.07 Å². The standard InChI is InChI=1S/C54H35NO/c1-3-19-44-37(12-1)14-9-22-45(44)39-30-28-36(29-31-39)40-15-7-17-42(34-40)55(51-25-11-27-53-54(51)50-21-5-6-26-52(50)56-53)43-18-8-16-41(35-43)47-23-10-24-48-46-20-4-2-13-38(46)32-33-49(47)48/h1-35H. The van der Waals surface area contributed by atoms with Crippen LogP contribution in [0.25, 0.3) is 87.6 Å². The van der Waals surface area contributed by atoms with Crippen LogP contribution < -0.4 is 4.90 Å².